The maximum atomic E-state index is 13.7. The lowest BCUT2D eigenvalue weighted by Gasteiger charge is -2.09. The van der Waals surface area contributed by atoms with E-state index >= 15 is 0 Å². The molecule has 0 fully saturated rings. The van der Waals surface area contributed by atoms with Crippen LogP contribution >= 0.6 is 0 Å². The first-order chi connectivity index (χ1) is 10.3. The molecule has 0 bridgehead atoms. The van der Waals surface area contributed by atoms with Crippen LogP contribution in [0.1, 0.15) is 11.1 Å². The Morgan fingerprint density at radius 2 is 1.86 bits per heavy atom. The molecule has 0 saturated heterocycles. The van der Waals surface area contributed by atoms with Gasteiger partial charge in [-0.1, -0.05) is 18.2 Å². The molecule has 0 aliphatic rings. The molecular weight excluding hydrogens is 269 g/mol. The first kappa shape index (κ1) is 13.5. The number of halogens is 1. The molecule has 1 N–H and O–H groups in total. The van der Waals surface area contributed by atoms with Crippen LogP contribution in [0.5, 0.6) is 5.75 Å². The standard InChI is InChI=1S/C17H14FNO2/c18-16-8-5-13(17-15(16)2-1-9-19-17)11-21-14-6-3-12(10-20)4-7-14/h1-9,20H,10-11H2. The van der Waals surface area contributed by atoms with E-state index < -0.39 is 0 Å². The van der Waals surface area contributed by atoms with Crippen molar-refractivity contribution < 1.29 is 14.2 Å². The van der Waals surface area contributed by atoms with E-state index in [0.29, 0.717) is 23.3 Å². The van der Waals surface area contributed by atoms with Gasteiger partial charge in [-0.3, -0.25) is 4.98 Å². The molecule has 2 aromatic carbocycles. The molecule has 3 nitrogen and oxygen atoms in total. The van der Waals surface area contributed by atoms with Gasteiger partial charge in [0.15, 0.2) is 0 Å². The predicted octanol–water partition coefficient (Wildman–Crippen LogP) is 3.45. The van der Waals surface area contributed by atoms with E-state index in [-0.39, 0.29) is 12.4 Å². The summed E-state index contributed by atoms with van der Waals surface area (Å²) >= 11 is 0. The van der Waals surface area contributed by atoms with E-state index in [0.717, 1.165) is 11.1 Å². The minimum Gasteiger partial charge on any atom is -0.489 e. The van der Waals surface area contributed by atoms with Gasteiger partial charge in [-0.15, -0.1) is 0 Å². The Hall–Kier alpha value is -2.46. The number of aliphatic hydroxyl groups is 1. The Bertz CT molecular complexity index is 756. The van der Waals surface area contributed by atoms with E-state index in [1.165, 1.54) is 6.07 Å². The summed E-state index contributed by atoms with van der Waals surface area (Å²) in [5, 5.41) is 9.49. The van der Waals surface area contributed by atoms with E-state index in [1.54, 1.807) is 48.7 Å². The number of hydrogen-bond donors (Lipinski definition) is 1. The highest BCUT2D eigenvalue weighted by molar-refractivity contribution is 5.82. The fraction of sp³-hybridized carbons (Fsp3) is 0.118. The molecule has 1 aromatic heterocycles. The Morgan fingerprint density at radius 3 is 2.62 bits per heavy atom. The van der Waals surface area contributed by atoms with Crippen molar-refractivity contribution in [3.05, 3.63) is 71.7 Å². The number of fused-ring (bicyclic) bond motifs is 1. The van der Waals surface area contributed by atoms with Gasteiger partial charge in [-0.25, -0.2) is 4.39 Å². The minimum atomic E-state index is -0.283. The van der Waals surface area contributed by atoms with Crippen LogP contribution < -0.4 is 4.74 Å². The van der Waals surface area contributed by atoms with Crippen LogP contribution in [-0.2, 0) is 13.2 Å². The molecule has 1 heterocycles. The number of benzene rings is 2. The monoisotopic (exact) mass is 283 g/mol. The largest absolute Gasteiger partial charge is 0.489 e. The van der Waals surface area contributed by atoms with Gasteiger partial charge in [0.2, 0.25) is 0 Å². The Labute approximate surface area is 121 Å². The van der Waals surface area contributed by atoms with Crippen molar-refractivity contribution in [3.63, 3.8) is 0 Å². The zero-order valence-electron chi connectivity index (χ0n) is 11.3. The van der Waals surface area contributed by atoms with E-state index in [1.807, 2.05) is 0 Å². The maximum absolute atomic E-state index is 13.7. The summed E-state index contributed by atoms with van der Waals surface area (Å²) in [6.07, 6.45) is 1.64. The van der Waals surface area contributed by atoms with Gasteiger partial charge in [0, 0.05) is 17.1 Å². The normalized spacial score (nSPS) is 10.8. The second-order valence-corrected chi connectivity index (χ2v) is 4.70. The van der Waals surface area contributed by atoms with Crippen molar-refractivity contribution in [1.82, 2.24) is 4.98 Å². The predicted molar refractivity (Wildman–Crippen MR) is 78.4 cm³/mol. The lowest BCUT2D eigenvalue weighted by molar-refractivity contribution is 0.281. The summed E-state index contributed by atoms with van der Waals surface area (Å²) in [4.78, 5) is 4.23. The number of aliphatic hydroxyl groups excluding tert-OH is 1. The summed E-state index contributed by atoms with van der Waals surface area (Å²) in [5.74, 6) is 0.412. The molecule has 106 valence electrons. The van der Waals surface area contributed by atoms with Crippen molar-refractivity contribution in [1.29, 1.82) is 0 Å². The molecule has 0 atom stereocenters. The number of ether oxygens (including phenoxy) is 1. The second-order valence-electron chi connectivity index (χ2n) is 4.70. The fourth-order valence-corrected chi connectivity index (χ4v) is 2.17. The van der Waals surface area contributed by atoms with Crippen LogP contribution in [0.25, 0.3) is 10.9 Å². The zero-order chi connectivity index (χ0) is 14.7. The molecule has 4 heteroatoms. The highest BCUT2D eigenvalue weighted by Crippen LogP contribution is 2.21. The molecule has 0 spiro atoms. The lowest BCUT2D eigenvalue weighted by Crippen LogP contribution is -1.98. The average molecular weight is 283 g/mol. The minimum absolute atomic E-state index is 0.00675. The summed E-state index contributed by atoms with van der Waals surface area (Å²) < 4.78 is 19.4. The third kappa shape index (κ3) is 2.85. The second kappa shape index (κ2) is 5.89. The number of hydrogen-bond acceptors (Lipinski definition) is 3. The van der Waals surface area contributed by atoms with Crippen LogP contribution in [0.15, 0.2) is 54.7 Å². The first-order valence-corrected chi connectivity index (χ1v) is 6.62. The third-order valence-corrected chi connectivity index (χ3v) is 3.30. The van der Waals surface area contributed by atoms with Crippen molar-refractivity contribution >= 4 is 10.9 Å². The number of nitrogens with zero attached hydrogens (tertiary/aromatic N) is 1. The van der Waals surface area contributed by atoms with Crippen molar-refractivity contribution in [3.8, 4) is 5.75 Å². The van der Waals surface area contributed by atoms with Crippen molar-refractivity contribution in [2.24, 2.45) is 0 Å². The summed E-state index contributed by atoms with van der Waals surface area (Å²) in [7, 11) is 0. The molecule has 3 aromatic rings. The Morgan fingerprint density at radius 1 is 1.05 bits per heavy atom. The molecule has 0 aliphatic heterocycles. The van der Waals surface area contributed by atoms with Crippen LogP contribution in [-0.4, -0.2) is 10.1 Å². The lowest BCUT2D eigenvalue weighted by atomic mass is 10.1. The van der Waals surface area contributed by atoms with E-state index in [9.17, 15) is 4.39 Å². The average Bonchev–Trinajstić information content (AvgIpc) is 2.55. The quantitative estimate of drug-likeness (QED) is 0.797. The fourth-order valence-electron chi connectivity index (χ4n) is 2.17. The highest BCUT2D eigenvalue weighted by Gasteiger charge is 2.07. The van der Waals surface area contributed by atoms with Crippen LogP contribution in [0.3, 0.4) is 0 Å². The summed E-state index contributed by atoms with van der Waals surface area (Å²) in [5.41, 5.74) is 2.28. The van der Waals surface area contributed by atoms with E-state index in [4.69, 9.17) is 9.84 Å². The zero-order valence-corrected chi connectivity index (χ0v) is 11.3. The SMILES string of the molecule is OCc1ccc(OCc2ccc(F)c3cccnc23)cc1. The Balaban J connectivity index is 1.83. The third-order valence-electron chi connectivity index (χ3n) is 3.30. The van der Waals surface area contributed by atoms with Gasteiger partial charge in [0.05, 0.1) is 12.1 Å². The smallest absolute Gasteiger partial charge is 0.132 e. The molecular formula is C17H14FNO2. The van der Waals surface area contributed by atoms with Crippen LogP contribution in [0.4, 0.5) is 4.39 Å². The Kier molecular flexibility index (Phi) is 3.79. The molecule has 0 amide bonds. The van der Waals surface area contributed by atoms with Gasteiger partial charge in [0.1, 0.15) is 18.2 Å². The van der Waals surface area contributed by atoms with Crippen LogP contribution in [0, 0.1) is 5.82 Å². The molecule has 0 aliphatic carbocycles. The van der Waals surface area contributed by atoms with Gasteiger partial charge >= 0.3 is 0 Å². The van der Waals surface area contributed by atoms with Crippen molar-refractivity contribution in [2.75, 3.05) is 0 Å². The summed E-state index contributed by atoms with van der Waals surface area (Å²) in [6, 6.07) is 13.7. The number of pyridine rings is 1. The molecule has 0 radical (unpaired) electrons. The maximum Gasteiger partial charge on any atom is 0.132 e. The number of aromatic nitrogens is 1. The molecule has 21 heavy (non-hydrogen) atoms. The van der Waals surface area contributed by atoms with Crippen LogP contribution in [0.2, 0.25) is 0 Å². The highest BCUT2D eigenvalue weighted by atomic mass is 19.1. The molecule has 3 rings (SSSR count). The van der Waals surface area contributed by atoms with Gasteiger partial charge in [-0.2, -0.15) is 0 Å². The van der Waals surface area contributed by atoms with E-state index in [2.05, 4.69) is 4.98 Å². The first-order valence-electron chi connectivity index (χ1n) is 6.62. The summed E-state index contributed by atoms with van der Waals surface area (Å²) in [6.45, 7) is 0.319. The molecule has 0 saturated carbocycles. The van der Waals surface area contributed by atoms with Gasteiger partial charge < -0.3 is 9.84 Å². The number of rotatable bonds is 4. The topological polar surface area (TPSA) is 42.4 Å². The van der Waals surface area contributed by atoms with Gasteiger partial charge in [0.25, 0.3) is 0 Å². The van der Waals surface area contributed by atoms with Crippen molar-refractivity contribution in [2.45, 2.75) is 13.2 Å². The molecule has 0 unspecified atom stereocenters. The van der Waals surface area contributed by atoms with Gasteiger partial charge in [-0.05, 0) is 35.9 Å².